The van der Waals surface area contributed by atoms with E-state index in [1.54, 1.807) is 0 Å². The zero-order valence-corrected chi connectivity index (χ0v) is 6.42. The normalized spacial score (nSPS) is 30.3. The minimum Gasteiger partial charge on any atom is -0.393 e. The van der Waals surface area contributed by atoms with Crippen LogP contribution < -0.4 is 5.32 Å². The molecule has 0 saturated carbocycles. The van der Waals surface area contributed by atoms with Crippen molar-refractivity contribution in [2.24, 2.45) is 0 Å². The highest BCUT2D eigenvalue weighted by Crippen LogP contribution is 2.07. The maximum Gasteiger partial charge on any atom is 0.0553 e. The van der Waals surface area contributed by atoms with Crippen molar-refractivity contribution in [3.05, 3.63) is 0 Å². The van der Waals surface area contributed by atoms with E-state index in [0.717, 1.165) is 25.9 Å². The Morgan fingerprint density at radius 3 is 2.80 bits per heavy atom. The minimum atomic E-state index is -0.0816. The van der Waals surface area contributed by atoms with Gasteiger partial charge in [-0.25, -0.2) is 5.32 Å². The molecule has 1 fully saturated rings. The standard InChI is InChI=1S/C8H16NO/c10-8-4-2-1-3-6-9-7-5-8/h8,10H,1-7H2. The molecule has 0 bridgehead atoms. The summed E-state index contributed by atoms with van der Waals surface area (Å²) in [7, 11) is 0. The number of hydrogen-bond donors (Lipinski definition) is 1. The molecule has 1 saturated heterocycles. The summed E-state index contributed by atoms with van der Waals surface area (Å²) in [6.45, 7) is 1.87. The molecule has 1 N–H and O–H groups in total. The van der Waals surface area contributed by atoms with Crippen molar-refractivity contribution in [2.45, 2.75) is 38.2 Å². The van der Waals surface area contributed by atoms with Crippen LogP contribution in [0.3, 0.4) is 0 Å². The molecule has 1 rings (SSSR count). The van der Waals surface area contributed by atoms with Gasteiger partial charge in [-0.2, -0.15) is 0 Å². The maximum atomic E-state index is 9.28. The Labute approximate surface area is 62.6 Å². The van der Waals surface area contributed by atoms with Crippen molar-refractivity contribution in [3.8, 4) is 0 Å². The van der Waals surface area contributed by atoms with Crippen molar-refractivity contribution in [3.63, 3.8) is 0 Å². The first kappa shape index (κ1) is 8.02. The molecule has 59 valence electrons. The molecule has 2 nitrogen and oxygen atoms in total. The molecule has 1 aliphatic heterocycles. The Bertz CT molecular complexity index is 75.3. The molecule has 10 heavy (non-hydrogen) atoms. The highest BCUT2D eigenvalue weighted by Gasteiger charge is 2.05. The average molecular weight is 142 g/mol. The van der Waals surface area contributed by atoms with Gasteiger partial charge in [0, 0.05) is 13.1 Å². The number of aliphatic hydroxyl groups excluding tert-OH is 1. The van der Waals surface area contributed by atoms with Crippen LogP contribution in [-0.2, 0) is 0 Å². The third-order valence-electron chi connectivity index (χ3n) is 1.97. The molecular formula is C8H16NO. The molecule has 2 heteroatoms. The van der Waals surface area contributed by atoms with Gasteiger partial charge in [0.25, 0.3) is 0 Å². The Morgan fingerprint density at radius 2 is 1.90 bits per heavy atom. The van der Waals surface area contributed by atoms with Gasteiger partial charge >= 0.3 is 0 Å². The highest BCUT2D eigenvalue weighted by molar-refractivity contribution is 4.61. The van der Waals surface area contributed by atoms with Crippen molar-refractivity contribution in [1.29, 1.82) is 0 Å². The quantitative estimate of drug-likeness (QED) is 0.536. The van der Waals surface area contributed by atoms with Crippen LogP contribution in [0.25, 0.3) is 0 Å². The number of aliphatic hydroxyl groups is 1. The van der Waals surface area contributed by atoms with Crippen LogP contribution >= 0.6 is 0 Å². The summed E-state index contributed by atoms with van der Waals surface area (Å²) in [6, 6.07) is 0. The van der Waals surface area contributed by atoms with Crippen LogP contribution in [0.15, 0.2) is 0 Å². The number of nitrogens with zero attached hydrogens (tertiary/aromatic N) is 1. The van der Waals surface area contributed by atoms with Gasteiger partial charge in [-0.05, 0) is 19.3 Å². The summed E-state index contributed by atoms with van der Waals surface area (Å²) in [5.74, 6) is 0. The molecule has 0 amide bonds. The highest BCUT2D eigenvalue weighted by atomic mass is 16.3. The molecule has 0 aromatic carbocycles. The Kier molecular flexibility index (Phi) is 3.76. The van der Waals surface area contributed by atoms with Gasteiger partial charge in [0.15, 0.2) is 0 Å². The molecule has 0 aromatic heterocycles. The summed E-state index contributed by atoms with van der Waals surface area (Å²) >= 11 is 0. The molecule has 0 spiro atoms. The fourth-order valence-corrected chi connectivity index (χ4v) is 1.28. The molecule has 1 radical (unpaired) electrons. The van der Waals surface area contributed by atoms with E-state index >= 15 is 0 Å². The van der Waals surface area contributed by atoms with E-state index in [-0.39, 0.29) is 6.10 Å². The summed E-state index contributed by atoms with van der Waals surface area (Å²) in [5, 5.41) is 13.6. The predicted octanol–water partition coefficient (Wildman–Crippen LogP) is 0.916. The molecule has 1 unspecified atom stereocenters. The first-order valence-corrected chi connectivity index (χ1v) is 4.21. The van der Waals surface area contributed by atoms with Crippen molar-refractivity contribution in [1.82, 2.24) is 5.32 Å². The maximum absolute atomic E-state index is 9.28. The molecule has 1 aliphatic rings. The van der Waals surface area contributed by atoms with Crippen LogP contribution in [0.2, 0.25) is 0 Å². The van der Waals surface area contributed by atoms with E-state index in [4.69, 9.17) is 0 Å². The summed E-state index contributed by atoms with van der Waals surface area (Å²) in [5.41, 5.74) is 0. The van der Waals surface area contributed by atoms with E-state index in [9.17, 15) is 5.11 Å². The van der Waals surface area contributed by atoms with Gasteiger partial charge in [0.1, 0.15) is 0 Å². The van der Waals surface area contributed by atoms with Crippen molar-refractivity contribution >= 4 is 0 Å². The fraction of sp³-hybridized carbons (Fsp3) is 1.00. The average Bonchev–Trinajstić information content (AvgIpc) is 2.02. The second-order valence-corrected chi connectivity index (χ2v) is 2.96. The van der Waals surface area contributed by atoms with Gasteiger partial charge in [0.2, 0.25) is 0 Å². The molecular weight excluding hydrogens is 126 g/mol. The second kappa shape index (κ2) is 4.69. The smallest absolute Gasteiger partial charge is 0.0553 e. The van der Waals surface area contributed by atoms with Gasteiger partial charge in [0.05, 0.1) is 6.10 Å². The summed E-state index contributed by atoms with van der Waals surface area (Å²) < 4.78 is 0. The van der Waals surface area contributed by atoms with Gasteiger partial charge in [-0.1, -0.05) is 12.8 Å². The lowest BCUT2D eigenvalue weighted by molar-refractivity contribution is 0.153. The van der Waals surface area contributed by atoms with Crippen LogP contribution in [0.4, 0.5) is 0 Å². The van der Waals surface area contributed by atoms with E-state index in [2.05, 4.69) is 5.32 Å². The molecule has 0 aromatic rings. The lowest BCUT2D eigenvalue weighted by Crippen LogP contribution is -2.13. The SMILES string of the molecule is OC1CCCCC[N]CC1. The Balaban J connectivity index is 2.15. The fourth-order valence-electron chi connectivity index (χ4n) is 1.28. The van der Waals surface area contributed by atoms with E-state index < -0.39 is 0 Å². The van der Waals surface area contributed by atoms with Crippen molar-refractivity contribution < 1.29 is 5.11 Å². The molecule has 1 heterocycles. The minimum absolute atomic E-state index is 0.0816. The van der Waals surface area contributed by atoms with Crippen molar-refractivity contribution in [2.75, 3.05) is 13.1 Å². The zero-order valence-electron chi connectivity index (χ0n) is 6.42. The topological polar surface area (TPSA) is 34.3 Å². The molecule has 1 atom stereocenters. The Hall–Kier alpha value is -0.0800. The largest absolute Gasteiger partial charge is 0.393 e. The lowest BCUT2D eigenvalue weighted by atomic mass is 10.1. The van der Waals surface area contributed by atoms with Crippen LogP contribution in [0.1, 0.15) is 32.1 Å². The lowest BCUT2D eigenvalue weighted by Gasteiger charge is -2.06. The summed E-state index contributed by atoms with van der Waals surface area (Å²) in [4.78, 5) is 0. The predicted molar refractivity (Wildman–Crippen MR) is 41.0 cm³/mol. The molecule has 0 aliphatic carbocycles. The number of rotatable bonds is 0. The Morgan fingerprint density at radius 1 is 1.00 bits per heavy atom. The van der Waals surface area contributed by atoms with Gasteiger partial charge in [-0.15, -0.1) is 0 Å². The van der Waals surface area contributed by atoms with Gasteiger partial charge in [-0.3, -0.25) is 0 Å². The zero-order chi connectivity index (χ0) is 7.23. The third kappa shape index (κ3) is 3.18. The second-order valence-electron chi connectivity index (χ2n) is 2.96. The van der Waals surface area contributed by atoms with Crippen LogP contribution in [-0.4, -0.2) is 24.3 Å². The number of hydrogen-bond acceptors (Lipinski definition) is 1. The summed E-state index contributed by atoms with van der Waals surface area (Å²) in [6.07, 6.45) is 5.40. The first-order valence-electron chi connectivity index (χ1n) is 4.21. The van der Waals surface area contributed by atoms with Crippen LogP contribution in [0, 0.1) is 0 Å². The monoisotopic (exact) mass is 142 g/mol. The van der Waals surface area contributed by atoms with E-state index in [1.165, 1.54) is 19.3 Å². The van der Waals surface area contributed by atoms with E-state index in [1.807, 2.05) is 0 Å². The first-order chi connectivity index (χ1) is 4.89. The van der Waals surface area contributed by atoms with Crippen LogP contribution in [0.5, 0.6) is 0 Å². The third-order valence-corrected chi connectivity index (χ3v) is 1.97. The van der Waals surface area contributed by atoms with Gasteiger partial charge < -0.3 is 5.11 Å². The van der Waals surface area contributed by atoms with E-state index in [0.29, 0.717) is 0 Å².